The van der Waals surface area contributed by atoms with E-state index < -0.39 is 0 Å². The zero-order chi connectivity index (χ0) is 12.1. The number of carbonyl (C=O) groups excluding carboxylic acids is 1. The van der Waals surface area contributed by atoms with Gasteiger partial charge < -0.3 is 10.0 Å². The fourth-order valence-electron chi connectivity index (χ4n) is 1.65. The highest BCUT2D eigenvalue weighted by molar-refractivity contribution is 5.94. The summed E-state index contributed by atoms with van der Waals surface area (Å²) in [6, 6.07) is 7.61. The number of aliphatic hydroxyl groups excluding tert-OH is 1. The molecule has 0 heterocycles. The molecule has 1 N–H and O–H groups in total. The summed E-state index contributed by atoms with van der Waals surface area (Å²) >= 11 is 0. The SMILES string of the molecule is Cc1cccc(C(=O)N(CCO)C(C)C)c1. The fraction of sp³-hybridized carbons (Fsp3) is 0.462. The van der Waals surface area contributed by atoms with Gasteiger partial charge >= 0.3 is 0 Å². The minimum absolute atomic E-state index is 0.00423. The maximum absolute atomic E-state index is 12.1. The lowest BCUT2D eigenvalue weighted by Crippen LogP contribution is -2.39. The van der Waals surface area contributed by atoms with E-state index in [1.54, 1.807) is 4.90 Å². The Hall–Kier alpha value is -1.35. The first-order valence-electron chi connectivity index (χ1n) is 5.54. The normalized spacial score (nSPS) is 10.6. The third kappa shape index (κ3) is 3.07. The molecular formula is C13H19NO2. The smallest absolute Gasteiger partial charge is 0.254 e. The van der Waals surface area contributed by atoms with Gasteiger partial charge in [-0.2, -0.15) is 0 Å². The lowest BCUT2D eigenvalue weighted by molar-refractivity contribution is 0.0665. The summed E-state index contributed by atoms with van der Waals surface area (Å²) in [5, 5.41) is 8.94. The maximum Gasteiger partial charge on any atom is 0.254 e. The van der Waals surface area contributed by atoms with Gasteiger partial charge in [0.05, 0.1) is 6.61 Å². The number of aliphatic hydroxyl groups is 1. The summed E-state index contributed by atoms with van der Waals surface area (Å²) in [5.41, 5.74) is 1.75. The van der Waals surface area contributed by atoms with E-state index in [1.165, 1.54) is 0 Å². The van der Waals surface area contributed by atoms with Crippen LogP contribution in [0.3, 0.4) is 0 Å². The Balaban J connectivity index is 2.90. The van der Waals surface area contributed by atoms with Crippen molar-refractivity contribution < 1.29 is 9.90 Å². The number of rotatable bonds is 4. The second kappa shape index (κ2) is 5.66. The number of benzene rings is 1. The summed E-state index contributed by atoms with van der Waals surface area (Å²) in [4.78, 5) is 13.8. The molecule has 1 aromatic rings. The van der Waals surface area contributed by atoms with E-state index in [0.717, 1.165) is 5.56 Å². The molecule has 0 aromatic heterocycles. The molecule has 1 rings (SSSR count). The second-order valence-corrected chi connectivity index (χ2v) is 4.19. The van der Waals surface area contributed by atoms with Crippen LogP contribution in [0.15, 0.2) is 24.3 Å². The number of carbonyl (C=O) groups is 1. The van der Waals surface area contributed by atoms with Gasteiger partial charge in [0.25, 0.3) is 5.91 Å². The zero-order valence-electron chi connectivity index (χ0n) is 10.1. The molecule has 0 bridgehead atoms. The molecule has 88 valence electrons. The summed E-state index contributed by atoms with van der Waals surface area (Å²) in [5.74, 6) is -0.0206. The molecule has 3 heteroatoms. The van der Waals surface area contributed by atoms with Crippen LogP contribution < -0.4 is 0 Å². The minimum atomic E-state index is -0.0206. The monoisotopic (exact) mass is 221 g/mol. The largest absolute Gasteiger partial charge is 0.395 e. The van der Waals surface area contributed by atoms with E-state index in [0.29, 0.717) is 12.1 Å². The summed E-state index contributed by atoms with van der Waals surface area (Å²) < 4.78 is 0. The van der Waals surface area contributed by atoms with Crippen molar-refractivity contribution in [2.45, 2.75) is 26.8 Å². The molecular weight excluding hydrogens is 202 g/mol. The molecule has 0 radical (unpaired) electrons. The lowest BCUT2D eigenvalue weighted by Gasteiger charge is -2.26. The third-order valence-corrected chi connectivity index (χ3v) is 2.49. The minimum Gasteiger partial charge on any atom is -0.395 e. The molecule has 0 saturated heterocycles. The van der Waals surface area contributed by atoms with Crippen LogP contribution in [0.5, 0.6) is 0 Å². The van der Waals surface area contributed by atoms with Gasteiger partial charge in [0.15, 0.2) is 0 Å². The molecule has 0 saturated carbocycles. The van der Waals surface area contributed by atoms with Crippen molar-refractivity contribution >= 4 is 5.91 Å². The van der Waals surface area contributed by atoms with E-state index >= 15 is 0 Å². The van der Waals surface area contributed by atoms with Gasteiger partial charge in [-0.15, -0.1) is 0 Å². The molecule has 1 amide bonds. The predicted molar refractivity (Wildman–Crippen MR) is 64.4 cm³/mol. The lowest BCUT2D eigenvalue weighted by atomic mass is 10.1. The van der Waals surface area contributed by atoms with Gasteiger partial charge in [0, 0.05) is 18.2 Å². The van der Waals surface area contributed by atoms with Gasteiger partial charge in [0.2, 0.25) is 0 Å². The van der Waals surface area contributed by atoms with Crippen LogP contribution in [0.4, 0.5) is 0 Å². The Labute approximate surface area is 96.7 Å². The summed E-state index contributed by atoms with van der Waals surface area (Å²) in [7, 11) is 0. The molecule has 3 nitrogen and oxygen atoms in total. The quantitative estimate of drug-likeness (QED) is 0.842. The van der Waals surface area contributed by atoms with Gasteiger partial charge in [-0.3, -0.25) is 4.79 Å². The standard InChI is InChI=1S/C13H19NO2/c1-10(2)14(7-8-15)13(16)12-6-4-5-11(3)9-12/h4-6,9-10,15H,7-8H2,1-3H3. The van der Waals surface area contributed by atoms with E-state index in [1.807, 2.05) is 45.0 Å². The van der Waals surface area contributed by atoms with Crippen molar-refractivity contribution in [2.24, 2.45) is 0 Å². The van der Waals surface area contributed by atoms with Gasteiger partial charge in [-0.25, -0.2) is 0 Å². The first-order chi connectivity index (χ1) is 7.56. The van der Waals surface area contributed by atoms with Crippen LogP contribution in [-0.2, 0) is 0 Å². The van der Waals surface area contributed by atoms with E-state index in [2.05, 4.69) is 0 Å². The van der Waals surface area contributed by atoms with E-state index in [9.17, 15) is 4.79 Å². The number of amides is 1. The Kier molecular flexibility index (Phi) is 4.50. The highest BCUT2D eigenvalue weighted by Crippen LogP contribution is 2.10. The third-order valence-electron chi connectivity index (χ3n) is 2.49. The predicted octanol–water partition coefficient (Wildman–Crippen LogP) is 1.84. The average Bonchev–Trinajstić information content (AvgIpc) is 2.24. The number of aryl methyl sites for hydroxylation is 1. The van der Waals surface area contributed by atoms with E-state index in [4.69, 9.17) is 5.11 Å². The van der Waals surface area contributed by atoms with Crippen molar-refractivity contribution in [1.82, 2.24) is 4.90 Å². The molecule has 1 aromatic carbocycles. The number of nitrogens with zero attached hydrogens (tertiary/aromatic N) is 1. The highest BCUT2D eigenvalue weighted by atomic mass is 16.3. The molecule has 0 atom stereocenters. The van der Waals surface area contributed by atoms with Gasteiger partial charge in [0.1, 0.15) is 0 Å². The zero-order valence-corrected chi connectivity index (χ0v) is 10.1. The van der Waals surface area contributed by atoms with Crippen molar-refractivity contribution in [3.05, 3.63) is 35.4 Å². The first kappa shape index (κ1) is 12.7. The molecule has 0 unspecified atom stereocenters. The van der Waals surface area contributed by atoms with Gasteiger partial charge in [-0.1, -0.05) is 17.7 Å². The topological polar surface area (TPSA) is 40.5 Å². The van der Waals surface area contributed by atoms with Crippen LogP contribution in [0.2, 0.25) is 0 Å². The molecule has 0 aliphatic heterocycles. The van der Waals surface area contributed by atoms with Crippen molar-refractivity contribution in [3.63, 3.8) is 0 Å². The summed E-state index contributed by atoms with van der Waals surface area (Å²) in [6.07, 6.45) is 0. The highest BCUT2D eigenvalue weighted by Gasteiger charge is 2.17. The second-order valence-electron chi connectivity index (χ2n) is 4.19. The van der Waals surface area contributed by atoms with Crippen molar-refractivity contribution in [2.75, 3.05) is 13.2 Å². The van der Waals surface area contributed by atoms with Crippen LogP contribution in [0.25, 0.3) is 0 Å². The Morgan fingerprint density at radius 1 is 1.44 bits per heavy atom. The number of hydrogen-bond acceptors (Lipinski definition) is 2. The van der Waals surface area contributed by atoms with E-state index in [-0.39, 0.29) is 18.6 Å². The van der Waals surface area contributed by atoms with Crippen LogP contribution in [0, 0.1) is 6.92 Å². The first-order valence-corrected chi connectivity index (χ1v) is 5.54. The molecule has 0 aliphatic carbocycles. The maximum atomic E-state index is 12.1. The molecule has 16 heavy (non-hydrogen) atoms. The molecule has 0 aliphatic rings. The Bertz CT molecular complexity index is 361. The average molecular weight is 221 g/mol. The van der Waals surface area contributed by atoms with Crippen LogP contribution >= 0.6 is 0 Å². The van der Waals surface area contributed by atoms with Gasteiger partial charge in [-0.05, 0) is 32.9 Å². The van der Waals surface area contributed by atoms with Crippen LogP contribution in [-0.4, -0.2) is 35.1 Å². The Morgan fingerprint density at radius 3 is 2.62 bits per heavy atom. The fourth-order valence-corrected chi connectivity index (χ4v) is 1.65. The van der Waals surface area contributed by atoms with Crippen molar-refractivity contribution in [3.8, 4) is 0 Å². The number of hydrogen-bond donors (Lipinski definition) is 1. The van der Waals surface area contributed by atoms with Crippen molar-refractivity contribution in [1.29, 1.82) is 0 Å². The Morgan fingerprint density at radius 2 is 2.12 bits per heavy atom. The molecule has 0 spiro atoms. The summed E-state index contributed by atoms with van der Waals surface area (Å²) in [6.45, 7) is 6.23. The molecule has 0 fully saturated rings. The van der Waals surface area contributed by atoms with Crippen LogP contribution in [0.1, 0.15) is 29.8 Å².